The molecule has 0 aromatic heterocycles. The number of carbonyl (C=O) groups is 1. The lowest BCUT2D eigenvalue weighted by molar-refractivity contribution is -0.113. The van der Waals surface area contributed by atoms with E-state index in [1.54, 1.807) is 0 Å². The molecular formula is C15H13FN2O2S. The molecule has 108 valence electrons. The zero-order chi connectivity index (χ0) is 14.8. The molecule has 0 radical (unpaired) electrons. The van der Waals surface area contributed by atoms with Gasteiger partial charge in [-0.1, -0.05) is 0 Å². The van der Waals surface area contributed by atoms with Crippen LogP contribution in [0.15, 0.2) is 41.3 Å². The molecule has 1 heterocycles. The van der Waals surface area contributed by atoms with Crippen LogP contribution in [-0.2, 0) is 11.3 Å². The van der Waals surface area contributed by atoms with E-state index in [0.29, 0.717) is 17.9 Å². The summed E-state index contributed by atoms with van der Waals surface area (Å²) in [6.07, 6.45) is 0. The van der Waals surface area contributed by atoms with Crippen LogP contribution in [0.4, 0.5) is 15.8 Å². The lowest BCUT2D eigenvalue weighted by Gasteiger charge is -2.17. The van der Waals surface area contributed by atoms with Crippen molar-refractivity contribution in [2.75, 3.05) is 16.4 Å². The van der Waals surface area contributed by atoms with Crippen LogP contribution in [-0.4, -0.2) is 16.8 Å². The third kappa shape index (κ3) is 3.28. The number of carbonyl (C=O) groups excluding carboxylic acids is 1. The summed E-state index contributed by atoms with van der Waals surface area (Å²) in [7, 11) is 0. The fourth-order valence-electron chi connectivity index (χ4n) is 2.13. The van der Waals surface area contributed by atoms with E-state index < -0.39 is 5.82 Å². The highest BCUT2D eigenvalue weighted by Crippen LogP contribution is 2.33. The monoisotopic (exact) mass is 304 g/mol. The number of hydrogen-bond donors (Lipinski definition) is 3. The third-order valence-electron chi connectivity index (χ3n) is 3.05. The summed E-state index contributed by atoms with van der Waals surface area (Å²) in [6, 6.07) is 9.62. The molecule has 0 spiro atoms. The summed E-state index contributed by atoms with van der Waals surface area (Å²) >= 11 is 1.50. The maximum Gasteiger partial charge on any atom is 0.234 e. The number of nitrogens with one attached hydrogen (secondary N) is 2. The largest absolute Gasteiger partial charge is 0.508 e. The van der Waals surface area contributed by atoms with Crippen LogP contribution in [0.25, 0.3) is 0 Å². The van der Waals surface area contributed by atoms with Gasteiger partial charge >= 0.3 is 0 Å². The minimum absolute atomic E-state index is 0.0142. The molecule has 0 bridgehead atoms. The predicted molar refractivity (Wildman–Crippen MR) is 81.2 cm³/mol. The molecule has 3 N–H and O–H groups in total. The van der Waals surface area contributed by atoms with Gasteiger partial charge in [0.25, 0.3) is 0 Å². The van der Waals surface area contributed by atoms with Crippen LogP contribution in [0.5, 0.6) is 5.75 Å². The number of phenols is 1. The molecular weight excluding hydrogens is 291 g/mol. The van der Waals surface area contributed by atoms with Crippen molar-refractivity contribution in [2.45, 2.75) is 11.4 Å². The second kappa shape index (κ2) is 5.65. The number of rotatable bonds is 3. The van der Waals surface area contributed by atoms with Crippen LogP contribution in [0.3, 0.4) is 0 Å². The molecule has 1 aliphatic heterocycles. The Bertz CT molecular complexity index is 686. The number of benzene rings is 2. The predicted octanol–water partition coefficient (Wildman–Crippen LogP) is 3.19. The molecule has 0 saturated carbocycles. The van der Waals surface area contributed by atoms with Crippen molar-refractivity contribution < 1.29 is 14.3 Å². The number of fused-ring (bicyclic) bond motifs is 1. The van der Waals surface area contributed by atoms with Crippen molar-refractivity contribution in [3.63, 3.8) is 0 Å². The number of aromatic hydroxyl groups is 1. The Morgan fingerprint density at radius 2 is 2.14 bits per heavy atom. The fraction of sp³-hybridized carbons (Fsp3) is 0.133. The molecule has 0 saturated heterocycles. The summed E-state index contributed by atoms with van der Waals surface area (Å²) in [6.45, 7) is 0.380. The molecule has 0 atom stereocenters. The summed E-state index contributed by atoms with van der Waals surface area (Å²) in [5.74, 6) is -0.149. The first-order valence-corrected chi connectivity index (χ1v) is 7.38. The standard InChI is InChI=1S/C15H13FN2O2S/c16-10-3-9(4-12(19)5-10)7-17-11-1-2-14-13(6-11)18-15(20)8-21-14/h1-6,17,19H,7-8H2,(H,18,20). The number of halogens is 1. The fourth-order valence-corrected chi connectivity index (χ4v) is 2.92. The first kappa shape index (κ1) is 13.8. The summed E-state index contributed by atoms with van der Waals surface area (Å²) in [5, 5.41) is 15.3. The first-order valence-electron chi connectivity index (χ1n) is 6.39. The van der Waals surface area contributed by atoms with E-state index in [1.165, 1.54) is 23.9 Å². The molecule has 3 rings (SSSR count). The van der Waals surface area contributed by atoms with E-state index in [-0.39, 0.29) is 11.7 Å². The van der Waals surface area contributed by atoms with Crippen LogP contribution >= 0.6 is 11.8 Å². The smallest absolute Gasteiger partial charge is 0.234 e. The quantitative estimate of drug-likeness (QED) is 0.815. The topological polar surface area (TPSA) is 61.4 Å². The van der Waals surface area contributed by atoms with Gasteiger partial charge in [-0.05, 0) is 35.9 Å². The maximum absolute atomic E-state index is 13.2. The lowest BCUT2D eigenvalue weighted by atomic mass is 10.2. The maximum atomic E-state index is 13.2. The van der Waals surface area contributed by atoms with Gasteiger partial charge in [-0.15, -0.1) is 11.8 Å². The number of amides is 1. The highest BCUT2D eigenvalue weighted by molar-refractivity contribution is 8.00. The molecule has 0 aliphatic carbocycles. The average Bonchev–Trinajstić information content (AvgIpc) is 2.43. The van der Waals surface area contributed by atoms with E-state index in [2.05, 4.69) is 10.6 Å². The van der Waals surface area contributed by atoms with Crippen molar-refractivity contribution in [1.29, 1.82) is 0 Å². The summed E-state index contributed by atoms with van der Waals surface area (Å²) < 4.78 is 13.2. The Hall–Kier alpha value is -2.21. The first-order chi connectivity index (χ1) is 10.1. The third-order valence-corrected chi connectivity index (χ3v) is 4.12. The van der Waals surface area contributed by atoms with Gasteiger partial charge in [0.05, 0.1) is 11.4 Å². The average molecular weight is 304 g/mol. The number of hydrogen-bond acceptors (Lipinski definition) is 4. The van der Waals surface area contributed by atoms with Gasteiger partial charge in [0, 0.05) is 23.2 Å². The van der Waals surface area contributed by atoms with Gasteiger partial charge in [-0.2, -0.15) is 0 Å². The van der Waals surface area contributed by atoms with Crippen LogP contribution in [0, 0.1) is 5.82 Å². The second-order valence-electron chi connectivity index (χ2n) is 4.72. The van der Waals surface area contributed by atoms with Crippen LogP contribution in [0.2, 0.25) is 0 Å². The summed E-state index contributed by atoms with van der Waals surface area (Å²) in [5.41, 5.74) is 2.24. The van der Waals surface area contributed by atoms with E-state index in [1.807, 2.05) is 18.2 Å². The van der Waals surface area contributed by atoms with E-state index >= 15 is 0 Å². The number of phenolic OH excluding ortho intramolecular Hbond substituents is 1. The molecule has 21 heavy (non-hydrogen) atoms. The van der Waals surface area contributed by atoms with Crippen molar-refractivity contribution in [3.8, 4) is 5.75 Å². The molecule has 1 aliphatic rings. The zero-order valence-electron chi connectivity index (χ0n) is 11.0. The minimum Gasteiger partial charge on any atom is -0.508 e. The molecule has 4 nitrogen and oxygen atoms in total. The molecule has 2 aromatic carbocycles. The van der Waals surface area contributed by atoms with Crippen molar-refractivity contribution in [3.05, 3.63) is 47.8 Å². The van der Waals surface area contributed by atoms with Gasteiger partial charge in [0.15, 0.2) is 0 Å². The van der Waals surface area contributed by atoms with Crippen molar-refractivity contribution in [2.24, 2.45) is 0 Å². The molecule has 0 unspecified atom stereocenters. The number of thioether (sulfide) groups is 1. The SMILES string of the molecule is O=C1CSc2ccc(NCc3cc(O)cc(F)c3)cc2N1. The highest BCUT2D eigenvalue weighted by Gasteiger charge is 2.15. The second-order valence-corrected chi connectivity index (χ2v) is 5.74. The molecule has 0 fully saturated rings. The highest BCUT2D eigenvalue weighted by atomic mass is 32.2. The Kier molecular flexibility index (Phi) is 3.70. The molecule has 1 amide bonds. The van der Waals surface area contributed by atoms with Crippen LogP contribution < -0.4 is 10.6 Å². The van der Waals surface area contributed by atoms with Gasteiger partial charge in [-0.25, -0.2) is 4.39 Å². The van der Waals surface area contributed by atoms with Crippen molar-refractivity contribution in [1.82, 2.24) is 0 Å². The number of anilines is 2. The lowest BCUT2D eigenvalue weighted by Crippen LogP contribution is -2.18. The normalized spacial score (nSPS) is 13.5. The van der Waals surface area contributed by atoms with Gasteiger partial charge in [0.1, 0.15) is 11.6 Å². The molecule has 2 aromatic rings. The minimum atomic E-state index is -0.471. The van der Waals surface area contributed by atoms with E-state index in [9.17, 15) is 14.3 Å². The molecule has 6 heteroatoms. The Labute approximate surface area is 125 Å². The van der Waals surface area contributed by atoms with Gasteiger partial charge < -0.3 is 15.7 Å². The Morgan fingerprint density at radius 3 is 2.95 bits per heavy atom. The van der Waals surface area contributed by atoms with E-state index in [0.717, 1.165) is 22.3 Å². The van der Waals surface area contributed by atoms with E-state index in [4.69, 9.17) is 0 Å². The van der Waals surface area contributed by atoms with Crippen LogP contribution in [0.1, 0.15) is 5.56 Å². The van der Waals surface area contributed by atoms with Gasteiger partial charge in [-0.3, -0.25) is 4.79 Å². The van der Waals surface area contributed by atoms with Crippen molar-refractivity contribution >= 4 is 29.0 Å². The van der Waals surface area contributed by atoms with Gasteiger partial charge in [0.2, 0.25) is 5.91 Å². The Morgan fingerprint density at radius 1 is 1.29 bits per heavy atom. The zero-order valence-corrected chi connectivity index (χ0v) is 11.8. The Balaban J connectivity index is 1.73. The summed E-state index contributed by atoms with van der Waals surface area (Å²) in [4.78, 5) is 12.4.